The standard InChI is InChI=1S/C13H10N2.BrH.ClH.Mg/c1-3-7-12(8-4-1)11-14-15-13-9-5-2-6-10-13;;;/h1-10H;2*1H;/q;;;+2/p-2. The summed E-state index contributed by atoms with van der Waals surface area (Å²) in [6, 6.07) is 22.2. The van der Waals surface area contributed by atoms with E-state index in [-0.39, 0.29) is 52.4 Å². The normalized spacial score (nSPS) is 7.33. The van der Waals surface area contributed by atoms with Crippen molar-refractivity contribution < 1.29 is 29.4 Å². The fraction of sp³-hybridized carbons (Fsp3) is 0. The zero-order chi connectivity index (χ0) is 10.3. The Balaban J connectivity index is 0. The van der Waals surface area contributed by atoms with Gasteiger partial charge in [-0.05, 0) is 12.1 Å². The van der Waals surface area contributed by atoms with Gasteiger partial charge in [0.05, 0.1) is 0 Å². The van der Waals surface area contributed by atoms with E-state index in [1.54, 1.807) is 0 Å². The summed E-state index contributed by atoms with van der Waals surface area (Å²) in [5, 5.41) is 0. The molecule has 0 aliphatic heterocycles. The van der Waals surface area contributed by atoms with E-state index >= 15 is 0 Å². The molecule has 0 atom stereocenters. The molecule has 2 aromatic carbocycles. The molecule has 88 valence electrons. The van der Waals surface area contributed by atoms with E-state index in [4.69, 9.17) is 0 Å². The Labute approximate surface area is 140 Å². The summed E-state index contributed by atoms with van der Waals surface area (Å²) < 4.78 is 0. The van der Waals surface area contributed by atoms with E-state index in [9.17, 15) is 0 Å². The number of nitrogens with zero attached hydrogens (tertiary/aromatic N) is 2. The van der Waals surface area contributed by atoms with Crippen molar-refractivity contribution in [2.24, 2.45) is 0 Å². The van der Waals surface area contributed by atoms with Crippen LogP contribution in [0.4, 0.5) is 5.69 Å². The second kappa shape index (κ2) is 11.4. The fourth-order valence-corrected chi connectivity index (χ4v) is 1.15. The molecular formula is C13H10BrClMgN2. The molecule has 0 aliphatic rings. The van der Waals surface area contributed by atoms with Crippen molar-refractivity contribution in [3.63, 3.8) is 0 Å². The van der Waals surface area contributed by atoms with Gasteiger partial charge in [-0.15, -0.1) is 0 Å². The molecule has 0 aromatic heterocycles. The first-order valence-corrected chi connectivity index (χ1v) is 4.72. The monoisotopic (exact) mass is 332 g/mol. The summed E-state index contributed by atoms with van der Waals surface area (Å²) in [5.74, 6) is 0. The molecule has 0 spiro atoms. The Hall–Kier alpha value is -0.734. The van der Waals surface area contributed by atoms with E-state index in [0.717, 1.165) is 11.3 Å². The van der Waals surface area contributed by atoms with Crippen LogP contribution in [0, 0.1) is 6.07 Å². The molecule has 2 rings (SSSR count). The van der Waals surface area contributed by atoms with Crippen LogP contribution < -0.4 is 29.4 Å². The number of benzene rings is 2. The molecule has 0 unspecified atom stereocenters. The van der Waals surface area contributed by atoms with Crippen molar-refractivity contribution >= 4 is 28.7 Å². The van der Waals surface area contributed by atoms with Gasteiger partial charge in [-0.2, -0.15) is 0 Å². The number of hydrogen-bond donors (Lipinski definition) is 0. The van der Waals surface area contributed by atoms with Crippen LogP contribution in [-0.2, 0) is 0 Å². The number of rotatable bonds is 1. The zero-order valence-corrected chi connectivity index (χ0v) is 13.4. The van der Waals surface area contributed by atoms with Crippen molar-refractivity contribution in [1.82, 2.24) is 0 Å². The van der Waals surface area contributed by atoms with Gasteiger partial charge in [0.2, 0.25) is 0 Å². The van der Waals surface area contributed by atoms with Crippen molar-refractivity contribution in [3.05, 3.63) is 76.6 Å². The SMILES string of the molecule is C(#[N+][N-]c1ccccc1)c1ccccc1.[Br-].[Cl-].[Mg+2]. The third kappa shape index (κ3) is 6.87. The maximum Gasteiger partial charge on any atom is 2.00 e. The van der Waals surface area contributed by atoms with E-state index in [1.165, 1.54) is 0 Å². The van der Waals surface area contributed by atoms with Gasteiger partial charge >= 0.3 is 29.1 Å². The zero-order valence-electron chi connectivity index (χ0n) is 9.63. The van der Waals surface area contributed by atoms with Gasteiger partial charge < -0.3 is 29.4 Å². The van der Waals surface area contributed by atoms with Crippen LogP contribution >= 0.6 is 0 Å². The van der Waals surface area contributed by atoms with E-state index in [2.05, 4.69) is 16.4 Å². The Bertz CT molecular complexity index is 483. The van der Waals surface area contributed by atoms with Crippen molar-refractivity contribution in [2.45, 2.75) is 0 Å². The van der Waals surface area contributed by atoms with Gasteiger partial charge in [0.25, 0.3) is 0 Å². The molecule has 0 saturated heterocycles. The molecule has 5 heteroatoms. The Kier molecular flexibility index (Phi) is 12.4. The van der Waals surface area contributed by atoms with Crippen LogP contribution in [0.1, 0.15) is 5.56 Å². The van der Waals surface area contributed by atoms with Gasteiger partial charge in [0.15, 0.2) is 0 Å². The Morgan fingerprint density at radius 2 is 1.33 bits per heavy atom. The molecule has 18 heavy (non-hydrogen) atoms. The first-order chi connectivity index (χ1) is 7.45. The maximum atomic E-state index is 4.02. The van der Waals surface area contributed by atoms with Gasteiger partial charge in [-0.1, -0.05) is 59.2 Å². The molecule has 0 saturated carbocycles. The van der Waals surface area contributed by atoms with Gasteiger partial charge in [0.1, 0.15) is 5.56 Å². The third-order valence-corrected chi connectivity index (χ3v) is 1.87. The van der Waals surface area contributed by atoms with E-state index in [1.807, 2.05) is 60.7 Å². The molecular weight excluding hydrogens is 324 g/mol. The minimum Gasteiger partial charge on any atom is -1.00 e. The molecule has 0 bridgehead atoms. The molecule has 2 aromatic rings. The average molecular weight is 334 g/mol. The third-order valence-electron chi connectivity index (χ3n) is 1.87. The second-order valence-corrected chi connectivity index (χ2v) is 3.01. The molecule has 0 aliphatic carbocycles. The van der Waals surface area contributed by atoms with Crippen LogP contribution in [0.15, 0.2) is 60.7 Å². The van der Waals surface area contributed by atoms with Crippen molar-refractivity contribution in [3.8, 4) is 6.07 Å². The van der Waals surface area contributed by atoms with Crippen LogP contribution in [0.25, 0.3) is 10.4 Å². The average Bonchev–Trinajstić information content (AvgIpc) is 2.32. The minimum absolute atomic E-state index is 0. The largest absolute Gasteiger partial charge is 2.00 e. The molecule has 2 nitrogen and oxygen atoms in total. The van der Waals surface area contributed by atoms with Crippen molar-refractivity contribution in [2.75, 3.05) is 0 Å². The molecule has 0 fully saturated rings. The van der Waals surface area contributed by atoms with E-state index in [0.29, 0.717) is 0 Å². The van der Waals surface area contributed by atoms with E-state index < -0.39 is 0 Å². The predicted octanol–water partition coefficient (Wildman–Crippen LogP) is -2.38. The fourth-order valence-electron chi connectivity index (χ4n) is 1.15. The van der Waals surface area contributed by atoms with Crippen LogP contribution in [0.5, 0.6) is 0 Å². The van der Waals surface area contributed by atoms with Crippen LogP contribution in [0.3, 0.4) is 0 Å². The molecule has 0 heterocycles. The Morgan fingerprint density at radius 3 is 1.89 bits per heavy atom. The van der Waals surface area contributed by atoms with Crippen LogP contribution in [0.2, 0.25) is 0 Å². The summed E-state index contributed by atoms with van der Waals surface area (Å²) in [6.45, 7) is 0. The smallest absolute Gasteiger partial charge is 1.00 e. The number of halogens is 2. The van der Waals surface area contributed by atoms with Gasteiger partial charge in [-0.3, -0.25) is 5.43 Å². The number of hydrogen-bond acceptors (Lipinski definition) is 0. The summed E-state index contributed by atoms with van der Waals surface area (Å²) in [4.78, 5) is 3.89. The quantitative estimate of drug-likeness (QED) is 0.410. The summed E-state index contributed by atoms with van der Waals surface area (Å²) in [5.41, 5.74) is 5.78. The Morgan fingerprint density at radius 1 is 0.833 bits per heavy atom. The predicted molar refractivity (Wildman–Crippen MR) is 68.0 cm³/mol. The van der Waals surface area contributed by atoms with Gasteiger partial charge in [0, 0.05) is 0 Å². The first kappa shape index (κ1) is 19.6. The summed E-state index contributed by atoms with van der Waals surface area (Å²) >= 11 is 0. The second-order valence-electron chi connectivity index (χ2n) is 3.01. The topological polar surface area (TPSA) is 18.5 Å². The van der Waals surface area contributed by atoms with Crippen molar-refractivity contribution in [1.29, 1.82) is 0 Å². The maximum absolute atomic E-state index is 4.02. The first-order valence-electron chi connectivity index (χ1n) is 4.72. The van der Waals surface area contributed by atoms with Gasteiger partial charge in [-0.25, -0.2) is 0 Å². The molecule has 0 amide bonds. The molecule has 0 radical (unpaired) electrons. The minimum atomic E-state index is 0. The summed E-state index contributed by atoms with van der Waals surface area (Å²) in [6.07, 6.45) is 0. The molecule has 0 N–H and O–H groups in total. The van der Waals surface area contributed by atoms with Crippen LogP contribution in [-0.4, -0.2) is 23.1 Å². The summed E-state index contributed by atoms with van der Waals surface area (Å²) in [7, 11) is 0.